The van der Waals surface area contributed by atoms with E-state index >= 15 is 0 Å². The molecule has 0 aromatic carbocycles. The van der Waals surface area contributed by atoms with Gasteiger partial charge in [0.2, 0.25) is 0 Å². The summed E-state index contributed by atoms with van der Waals surface area (Å²) in [7, 11) is 0. The van der Waals surface area contributed by atoms with Crippen LogP contribution in [-0.4, -0.2) is 24.7 Å². The Morgan fingerprint density at radius 2 is 1.10 bits per heavy atom. The van der Waals surface area contributed by atoms with Crippen molar-refractivity contribution >= 4 is 11.6 Å². The molecule has 0 aliphatic heterocycles. The van der Waals surface area contributed by atoms with Gasteiger partial charge in [0.15, 0.2) is 11.6 Å². The van der Waals surface area contributed by atoms with E-state index in [4.69, 9.17) is 0 Å². The summed E-state index contributed by atoms with van der Waals surface area (Å²) >= 11 is 0. The largest absolute Gasteiger partial charge is 0.389 e. The molecule has 0 spiro atoms. The molecule has 2 aliphatic carbocycles. The van der Waals surface area contributed by atoms with E-state index in [2.05, 4.69) is 10.6 Å². The summed E-state index contributed by atoms with van der Waals surface area (Å²) in [5, 5.41) is 6.12. The van der Waals surface area contributed by atoms with Crippen molar-refractivity contribution in [3.8, 4) is 0 Å². The molecule has 0 aromatic heterocycles. The van der Waals surface area contributed by atoms with Crippen molar-refractivity contribution < 1.29 is 26.7 Å². The molecule has 0 heterocycles. The van der Waals surface area contributed by atoms with Gasteiger partial charge in [-0.05, 0) is 24.3 Å². The minimum atomic E-state index is -0.000182. The summed E-state index contributed by atoms with van der Waals surface area (Å²) in [5.41, 5.74) is 1.28. The van der Waals surface area contributed by atoms with E-state index in [1.165, 1.54) is 12.2 Å². The van der Waals surface area contributed by atoms with Gasteiger partial charge < -0.3 is 10.6 Å². The predicted molar refractivity (Wildman–Crippen MR) is 78.7 cm³/mol. The maximum atomic E-state index is 11.4. The fraction of sp³-hybridized carbons (Fsp3) is 0.125. The van der Waals surface area contributed by atoms with Crippen LogP contribution < -0.4 is 10.6 Å². The minimum absolute atomic E-state index is 0. The molecule has 0 unspecified atom stereocenters. The maximum absolute atomic E-state index is 11.4. The van der Waals surface area contributed by atoms with Gasteiger partial charge in [-0.1, -0.05) is 24.3 Å². The first-order valence-corrected chi connectivity index (χ1v) is 6.42. The van der Waals surface area contributed by atoms with Gasteiger partial charge in [-0.15, -0.1) is 0 Å². The van der Waals surface area contributed by atoms with Gasteiger partial charge in [-0.2, -0.15) is 0 Å². The smallest absolute Gasteiger partial charge is 0.187 e. The summed E-state index contributed by atoms with van der Waals surface area (Å²) in [5.74, 6) is -0.000363. The molecule has 0 saturated heterocycles. The molecule has 5 heteroatoms. The summed E-state index contributed by atoms with van der Waals surface area (Å²) in [4.78, 5) is 22.9. The van der Waals surface area contributed by atoms with Crippen LogP contribution in [0.1, 0.15) is 0 Å². The Bertz CT molecular complexity index is 529. The second-order valence-corrected chi connectivity index (χ2v) is 4.27. The third kappa shape index (κ3) is 5.42. The molecule has 2 aliphatic rings. The Labute approximate surface area is 134 Å². The third-order valence-corrected chi connectivity index (χ3v) is 2.77. The van der Waals surface area contributed by atoms with Gasteiger partial charge >= 0.3 is 0 Å². The quantitative estimate of drug-likeness (QED) is 0.452. The minimum Gasteiger partial charge on any atom is -0.389 e. The zero-order chi connectivity index (χ0) is 14.2. The van der Waals surface area contributed by atoms with Crippen LogP contribution in [0.4, 0.5) is 0 Å². The van der Waals surface area contributed by atoms with Crippen LogP contribution >= 0.6 is 0 Å². The Morgan fingerprint density at radius 3 is 1.48 bits per heavy atom. The van der Waals surface area contributed by atoms with Crippen molar-refractivity contribution in [2.75, 3.05) is 13.1 Å². The topological polar surface area (TPSA) is 58.2 Å². The molecular formula is C16H16CuN2O2. The Kier molecular flexibility index (Phi) is 7.22. The average molecular weight is 335 g/mol. The second kappa shape index (κ2) is 8.95. The Hall–Kier alpha value is -2.10. The van der Waals surface area contributed by atoms with Crippen molar-refractivity contribution in [2.24, 2.45) is 0 Å². The van der Waals surface area contributed by atoms with E-state index < -0.39 is 0 Å². The van der Waals surface area contributed by atoms with Crippen LogP contribution in [0.5, 0.6) is 0 Å². The second-order valence-electron chi connectivity index (χ2n) is 4.27. The van der Waals surface area contributed by atoms with Crippen LogP contribution in [0.15, 0.2) is 72.2 Å². The van der Waals surface area contributed by atoms with E-state index in [0.29, 0.717) is 24.2 Å². The molecule has 113 valence electrons. The van der Waals surface area contributed by atoms with Crippen LogP contribution in [0, 0.1) is 0 Å². The van der Waals surface area contributed by atoms with Gasteiger partial charge in [0.1, 0.15) is 0 Å². The first kappa shape index (κ1) is 17.0. The van der Waals surface area contributed by atoms with Crippen molar-refractivity contribution in [3.05, 3.63) is 72.2 Å². The van der Waals surface area contributed by atoms with E-state index in [-0.39, 0.29) is 28.6 Å². The third-order valence-electron chi connectivity index (χ3n) is 2.77. The average Bonchev–Trinajstić information content (AvgIpc) is 2.46. The molecule has 0 aromatic rings. The first-order valence-electron chi connectivity index (χ1n) is 6.42. The van der Waals surface area contributed by atoms with Crippen molar-refractivity contribution in [1.82, 2.24) is 10.6 Å². The van der Waals surface area contributed by atoms with Crippen molar-refractivity contribution in [1.29, 1.82) is 0 Å². The predicted octanol–water partition coefficient (Wildman–Crippen LogP) is 1.32. The molecule has 0 bridgehead atoms. The number of carbonyl (C=O) groups is 2. The fourth-order valence-corrected chi connectivity index (χ4v) is 1.71. The summed E-state index contributed by atoms with van der Waals surface area (Å²) in [6, 6.07) is 0. The number of nitrogens with one attached hydrogen (secondary N) is 2. The Morgan fingerprint density at radius 1 is 0.714 bits per heavy atom. The van der Waals surface area contributed by atoms with Gasteiger partial charge in [-0.25, -0.2) is 0 Å². The van der Waals surface area contributed by atoms with Gasteiger partial charge in [0.05, 0.1) is 0 Å². The molecule has 0 saturated carbocycles. The van der Waals surface area contributed by atoms with E-state index in [9.17, 15) is 9.59 Å². The van der Waals surface area contributed by atoms with Crippen molar-refractivity contribution in [3.63, 3.8) is 0 Å². The first-order chi connectivity index (χ1) is 9.77. The number of ketones is 2. The number of hydrogen-bond acceptors (Lipinski definition) is 4. The zero-order valence-electron chi connectivity index (χ0n) is 11.3. The number of hydrogen-bond donors (Lipinski definition) is 2. The Balaban J connectivity index is 0.00000220. The van der Waals surface area contributed by atoms with Gasteiger partial charge in [-0.3, -0.25) is 9.59 Å². The number of rotatable bonds is 5. The van der Waals surface area contributed by atoms with Crippen molar-refractivity contribution in [2.45, 2.75) is 0 Å². The molecule has 0 atom stereocenters. The molecule has 0 fully saturated rings. The van der Waals surface area contributed by atoms with E-state index in [1.807, 2.05) is 12.2 Å². The number of allylic oxidation sites excluding steroid dienone is 10. The SMILES string of the molecule is O=C1C=CC=C/C1=C/NCCN/C=C1/C=CC=CC1=O.[67Cu]. The normalized spacial score (nSPS) is 20.0. The maximum Gasteiger partial charge on any atom is 0.187 e. The molecule has 0 amide bonds. The monoisotopic (exact) mass is 335 g/mol. The molecule has 2 N–H and O–H groups in total. The summed E-state index contributed by atoms with van der Waals surface area (Å²) in [6.45, 7) is 1.32. The summed E-state index contributed by atoms with van der Waals surface area (Å²) < 4.78 is 0. The van der Waals surface area contributed by atoms with E-state index in [0.717, 1.165) is 0 Å². The fourth-order valence-electron chi connectivity index (χ4n) is 1.71. The van der Waals surface area contributed by atoms with Gasteiger partial charge in [0, 0.05) is 53.7 Å². The molecule has 2 rings (SSSR count). The van der Waals surface area contributed by atoms with Crippen LogP contribution in [0.2, 0.25) is 0 Å². The standard InChI is InChI=1S/C16H16N2O2.Cu/c19-15-7-3-1-5-13(15)11-17-9-10-18-12-14-6-2-4-8-16(14)20;/h1-8,11-12,17-18H,9-10H2;/b13-11-,14-12-;/i;1+3. The molecular weight excluding hydrogens is 319 g/mol. The summed E-state index contributed by atoms with van der Waals surface area (Å²) in [6.07, 6.45) is 17.1. The molecule has 4 nitrogen and oxygen atoms in total. The van der Waals surface area contributed by atoms with Gasteiger partial charge in [0.25, 0.3) is 0 Å². The zero-order valence-corrected chi connectivity index (χ0v) is 12.2. The van der Waals surface area contributed by atoms with Crippen LogP contribution in [-0.2, 0) is 26.7 Å². The van der Waals surface area contributed by atoms with Crippen LogP contribution in [0.3, 0.4) is 0 Å². The number of carbonyl (C=O) groups excluding carboxylic acids is 2. The molecule has 1 radical (unpaired) electrons. The van der Waals surface area contributed by atoms with Crippen LogP contribution in [0.25, 0.3) is 0 Å². The molecule has 21 heavy (non-hydrogen) atoms. The van der Waals surface area contributed by atoms with E-state index in [1.54, 1.807) is 36.7 Å².